The molecule has 82 valence electrons. The number of nitrogens with zero attached hydrogens (tertiary/aromatic N) is 1. The molecule has 0 bridgehead atoms. The number of carboxylic acids is 1. The first-order valence-electron chi connectivity index (χ1n) is 5.10. The van der Waals surface area contributed by atoms with Crippen molar-refractivity contribution in [2.75, 3.05) is 26.7 Å². The van der Waals surface area contributed by atoms with Crippen LogP contribution in [0.3, 0.4) is 0 Å². The van der Waals surface area contributed by atoms with Crippen LogP contribution in [0.5, 0.6) is 0 Å². The predicted octanol–water partition coefficient (Wildman–Crippen LogP) is 0.818. The lowest BCUT2D eigenvalue weighted by Gasteiger charge is -2.35. The zero-order valence-corrected chi connectivity index (χ0v) is 8.90. The summed E-state index contributed by atoms with van der Waals surface area (Å²) >= 11 is 0. The Kier molecular flexibility index (Phi) is 4.35. The molecule has 1 N–H and O–H groups in total. The van der Waals surface area contributed by atoms with E-state index in [9.17, 15) is 4.79 Å². The number of carbonyl (C=O) groups is 1. The van der Waals surface area contributed by atoms with Crippen molar-refractivity contribution in [3.8, 4) is 0 Å². The lowest BCUT2D eigenvalue weighted by atomic mass is 9.96. The van der Waals surface area contributed by atoms with Crippen molar-refractivity contribution in [3.05, 3.63) is 0 Å². The van der Waals surface area contributed by atoms with Gasteiger partial charge in [0.1, 0.15) is 0 Å². The molecule has 1 aliphatic rings. The van der Waals surface area contributed by atoms with E-state index in [0.717, 1.165) is 19.5 Å². The van der Waals surface area contributed by atoms with E-state index >= 15 is 0 Å². The molecule has 0 amide bonds. The van der Waals surface area contributed by atoms with Crippen molar-refractivity contribution in [3.63, 3.8) is 0 Å². The summed E-state index contributed by atoms with van der Waals surface area (Å²) < 4.78 is 5.35. The molecule has 2 atom stereocenters. The number of piperidine rings is 1. The Hall–Kier alpha value is -0.610. The van der Waals surface area contributed by atoms with Gasteiger partial charge in [0.05, 0.1) is 12.5 Å². The van der Waals surface area contributed by atoms with Gasteiger partial charge in [-0.2, -0.15) is 0 Å². The molecule has 1 saturated heterocycles. The van der Waals surface area contributed by atoms with Gasteiger partial charge in [0.2, 0.25) is 0 Å². The van der Waals surface area contributed by atoms with E-state index in [2.05, 4.69) is 11.8 Å². The summed E-state index contributed by atoms with van der Waals surface area (Å²) in [6, 6.07) is 0. The summed E-state index contributed by atoms with van der Waals surface area (Å²) in [6.07, 6.45) is 1.58. The molecule has 0 radical (unpaired) electrons. The molecule has 4 nitrogen and oxygen atoms in total. The Balaban J connectivity index is 2.31. The summed E-state index contributed by atoms with van der Waals surface area (Å²) in [7, 11) is 1.72. The van der Waals surface area contributed by atoms with Gasteiger partial charge in [-0.1, -0.05) is 6.92 Å². The summed E-state index contributed by atoms with van der Waals surface area (Å²) in [5, 5.41) is 8.56. The Morgan fingerprint density at radius 2 is 2.36 bits per heavy atom. The number of rotatable bonds is 4. The summed E-state index contributed by atoms with van der Waals surface area (Å²) in [5.74, 6) is -0.140. The highest BCUT2D eigenvalue weighted by atomic mass is 16.5. The van der Waals surface area contributed by atoms with Gasteiger partial charge >= 0.3 is 5.97 Å². The van der Waals surface area contributed by atoms with Crippen LogP contribution in [-0.2, 0) is 9.53 Å². The Labute approximate surface area is 84.8 Å². The van der Waals surface area contributed by atoms with Crippen molar-refractivity contribution in [1.29, 1.82) is 0 Å². The topological polar surface area (TPSA) is 49.8 Å². The van der Waals surface area contributed by atoms with Crippen molar-refractivity contribution in [2.45, 2.75) is 25.9 Å². The first-order valence-corrected chi connectivity index (χ1v) is 5.10. The van der Waals surface area contributed by atoms with Gasteiger partial charge < -0.3 is 14.7 Å². The third kappa shape index (κ3) is 3.27. The largest absolute Gasteiger partial charge is 0.481 e. The third-order valence-electron chi connectivity index (χ3n) is 2.92. The number of carboxylic acid groups (broad SMARTS) is 1. The minimum absolute atomic E-state index is 0.227. The van der Waals surface area contributed by atoms with Crippen molar-refractivity contribution >= 4 is 5.97 Å². The highest BCUT2D eigenvalue weighted by molar-refractivity contribution is 5.66. The summed E-state index contributed by atoms with van der Waals surface area (Å²) in [6.45, 7) is 4.68. The quantitative estimate of drug-likeness (QED) is 0.731. The normalized spacial score (nSPS) is 29.0. The van der Waals surface area contributed by atoms with Crippen LogP contribution in [0.25, 0.3) is 0 Å². The smallest absolute Gasteiger partial charge is 0.304 e. The molecular formula is C10H19NO3. The second-order valence-corrected chi connectivity index (χ2v) is 3.98. The average molecular weight is 201 g/mol. The molecule has 0 aromatic rings. The second-order valence-electron chi connectivity index (χ2n) is 3.98. The number of likely N-dealkylation sites (tertiary alicyclic amines) is 1. The zero-order valence-electron chi connectivity index (χ0n) is 8.90. The molecule has 0 saturated carbocycles. The maximum absolute atomic E-state index is 10.4. The summed E-state index contributed by atoms with van der Waals surface area (Å²) in [4.78, 5) is 12.6. The van der Waals surface area contributed by atoms with Gasteiger partial charge in [-0.25, -0.2) is 0 Å². The van der Waals surface area contributed by atoms with Crippen LogP contribution in [0.4, 0.5) is 0 Å². The van der Waals surface area contributed by atoms with Crippen LogP contribution >= 0.6 is 0 Å². The highest BCUT2D eigenvalue weighted by Gasteiger charge is 2.25. The van der Waals surface area contributed by atoms with Crippen LogP contribution in [0.1, 0.15) is 19.8 Å². The molecule has 1 rings (SSSR count). The maximum Gasteiger partial charge on any atom is 0.304 e. The van der Waals surface area contributed by atoms with E-state index in [-0.39, 0.29) is 12.5 Å². The third-order valence-corrected chi connectivity index (χ3v) is 2.92. The molecule has 0 spiro atoms. The van der Waals surface area contributed by atoms with Crippen LogP contribution in [0, 0.1) is 5.92 Å². The van der Waals surface area contributed by atoms with Crippen molar-refractivity contribution in [2.24, 2.45) is 5.92 Å². The standard InChI is InChI=1S/C10H19NO3/c1-8-3-5-11(6-4-10(12)13)7-9(8)14-2/h8-9H,3-7H2,1-2H3,(H,12,13). The number of aliphatic carboxylic acids is 1. The first kappa shape index (κ1) is 11.5. The molecule has 2 unspecified atom stereocenters. The molecule has 14 heavy (non-hydrogen) atoms. The van der Waals surface area contributed by atoms with Gasteiger partial charge in [-0.15, -0.1) is 0 Å². The molecule has 1 fully saturated rings. The Bertz CT molecular complexity index is 196. The molecule has 0 aromatic carbocycles. The fourth-order valence-electron chi connectivity index (χ4n) is 1.86. The van der Waals surface area contributed by atoms with Gasteiger partial charge in [-0.3, -0.25) is 4.79 Å². The first-order chi connectivity index (χ1) is 6.63. The minimum atomic E-state index is -0.724. The lowest BCUT2D eigenvalue weighted by molar-refractivity contribution is -0.137. The minimum Gasteiger partial charge on any atom is -0.481 e. The van der Waals surface area contributed by atoms with E-state index < -0.39 is 5.97 Å². The Morgan fingerprint density at radius 1 is 1.64 bits per heavy atom. The molecular weight excluding hydrogens is 182 g/mol. The number of hydrogen-bond acceptors (Lipinski definition) is 3. The average Bonchev–Trinajstić information content (AvgIpc) is 2.16. The molecule has 1 aliphatic heterocycles. The lowest BCUT2D eigenvalue weighted by Crippen LogP contribution is -2.44. The number of ether oxygens (including phenoxy) is 1. The number of hydrogen-bond donors (Lipinski definition) is 1. The number of methoxy groups -OCH3 is 1. The van der Waals surface area contributed by atoms with E-state index in [4.69, 9.17) is 9.84 Å². The molecule has 0 aromatic heterocycles. The molecule has 4 heteroatoms. The van der Waals surface area contributed by atoms with Crippen LogP contribution in [0.2, 0.25) is 0 Å². The highest BCUT2D eigenvalue weighted by Crippen LogP contribution is 2.19. The van der Waals surface area contributed by atoms with E-state index in [1.807, 2.05) is 0 Å². The van der Waals surface area contributed by atoms with Crippen LogP contribution < -0.4 is 0 Å². The van der Waals surface area contributed by atoms with Gasteiger partial charge in [0.15, 0.2) is 0 Å². The van der Waals surface area contributed by atoms with Crippen LogP contribution in [-0.4, -0.2) is 48.8 Å². The fourth-order valence-corrected chi connectivity index (χ4v) is 1.86. The summed E-state index contributed by atoms with van der Waals surface area (Å²) in [5.41, 5.74) is 0. The molecule has 1 heterocycles. The zero-order chi connectivity index (χ0) is 10.6. The fraction of sp³-hybridized carbons (Fsp3) is 0.900. The van der Waals surface area contributed by atoms with Crippen LogP contribution in [0.15, 0.2) is 0 Å². The van der Waals surface area contributed by atoms with Gasteiger partial charge in [0, 0.05) is 20.2 Å². The van der Waals surface area contributed by atoms with Gasteiger partial charge in [0.25, 0.3) is 0 Å². The maximum atomic E-state index is 10.4. The predicted molar refractivity (Wildman–Crippen MR) is 53.3 cm³/mol. The second kappa shape index (κ2) is 5.32. The monoisotopic (exact) mass is 201 g/mol. The van der Waals surface area contributed by atoms with Crippen molar-refractivity contribution in [1.82, 2.24) is 4.90 Å². The molecule has 0 aliphatic carbocycles. The van der Waals surface area contributed by atoms with E-state index in [1.54, 1.807) is 7.11 Å². The SMILES string of the molecule is COC1CN(CCC(=O)O)CCC1C. The van der Waals surface area contributed by atoms with E-state index in [0.29, 0.717) is 12.5 Å². The Morgan fingerprint density at radius 3 is 2.93 bits per heavy atom. The van der Waals surface area contributed by atoms with Crippen molar-refractivity contribution < 1.29 is 14.6 Å². The van der Waals surface area contributed by atoms with Gasteiger partial charge in [-0.05, 0) is 18.9 Å². The van der Waals surface area contributed by atoms with E-state index in [1.165, 1.54) is 0 Å².